The molecule has 0 aromatic carbocycles. The molecule has 0 saturated heterocycles. The minimum atomic E-state index is -6.97. The lowest BCUT2D eigenvalue weighted by Gasteiger charge is -2.40. The quantitative estimate of drug-likeness (QED) is 0.251. The molecule has 0 spiro atoms. The van der Waals surface area contributed by atoms with Gasteiger partial charge in [-0.05, 0) is 19.3 Å². The van der Waals surface area contributed by atoms with Crippen molar-refractivity contribution >= 4 is 8.80 Å². The third-order valence-corrected chi connectivity index (χ3v) is 6.55. The molecular formula is C15H25F9O3Si. The molecule has 28 heavy (non-hydrogen) atoms. The molecule has 13 heteroatoms. The van der Waals surface area contributed by atoms with Crippen LogP contribution in [0, 0.1) is 0 Å². The summed E-state index contributed by atoms with van der Waals surface area (Å²) in [5, 5.41) is 0. The van der Waals surface area contributed by atoms with Crippen molar-refractivity contribution < 1.29 is 52.8 Å². The molecule has 1 unspecified atom stereocenters. The van der Waals surface area contributed by atoms with Gasteiger partial charge in [0.1, 0.15) is 6.10 Å². The molecule has 0 aliphatic carbocycles. The highest BCUT2D eigenvalue weighted by atomic mass is 28.4. The van der Waals surface area contributed by atoms with Gasteiger partial charge in [-0.25, -0.2) is 0 Å². The van der Waals surface area contributed by atoms with Crippen LogP contribution in [0.1, 0.15) is 47.0 Å². The van der Waals surface area contributed by atoms with Crippen LogP contribution in [0.2, 0.25) is 6.04 Å². The second-order valence-corrected chi connectivity index (χ2v) is 8.90. The van der Waals surface area contributed by atoms with Gasteiger partial charge in [-0.3, -0.25) is 0 Å². The van der Waals surface area contributed by atoms with Crippen LogP contribution < -0.4 is 0 Å². The zero-order chi connectivity index (χ0) is 22.4. The number of hydrogen-bond acceptors (Lipinski definition) is 3. The van der Waals surface area contributed by atoms with Gasteiger partial charge in [-0.2, -0.15) is 39.5 Å². The van der Waals surface area contributed by atoms with Gasteiger partial charge in [-0.1, -0.05) is 27.7 Å². The fourth-order valence-electron chi connectivity index (χ4n) is 2.13. The fraction of sp³-hybridized carbons (Fsp3) is 1.00. The van der Waals surface area contributed by atoms with Gasteiger partial charge in [0, 0.05) is 19.3 Å². The first-order chi connectivity index (χ1) is 12.6. The predicted molar refractivity (Wildman–Crippen MR) is 84.8 cm³/mol. The molecule has 0 bridgehead atoms. The van der Waals surface area contributed by atoms with Crippen LogP contribution in [-0.4, -0.2) is 52.1 Å². The first-order valence-corrected chi connectivity index (χ1v) is 10.7. The lowest BCUT2D eigenvalue weighted by molar-refractivity contribution is -0.405. The third kappa shape index (κ3) is 5.54. The average Bonchev–Trinajstić information content (AvgIpc) is 2.60. The van der Waals surface area contributed by atoms with Gasteiger partial charge in [-0.15, -0.1) is 0 Å². The van der Waals surface area contributed by atoms with Crippen LogP contribution in [0.25, 0.3) is 0 Å². The standard InChI is InChI=1S/C15H25F9O3Si/c1-5-9-25-28(8-4,26-10-6-2)27-11(7-3)12(16,17)13(18,19)14(20,21)15(22,23)24/h11H,5-10H2,1-4H3. The van der Waals surface area contributed by atoms with Crippen LogP contribution in [0.5, 0.6) is 0 Å². The highest BCUT2D eigenvalue weighted by molar-refractivity contribution is 6.60. The minimum absolute atomic E-state index is 0.0547. The SMILES string of the molecule is CCCO[Si](CC)(OCCC)OC(CC)C(F)(F)C(F)(F)C(F)(F)C(F)(F)F. The Morgan fingerprint density at radius 2 is 1.14 bits per heavy atom. The van der Waals surface area contributed by atoms with Crippen molar-refractivity contribution in [3.8, 4) is 0 Å². The van der Waals surface area contributed by atoms with E-state index in [9.17, 15) is 39.5 Å². The van der Waals surface area contributed by atoms with Crippen molar-refractivity contribution in [1.29, 1.82) is 0 Å². The summed E-state index contributed by atoms with van der Waals surface area (Å²) in [5.74, 6) is -19.6. The van der Waals surface area contributed by atoms with Gasteiger partial charge >= 0.3 is 32.7 Å². The van der Waals surface area contributed by atoms with Crippen molar-refractivity contribution in [2.45, 2.75) is 83.0 Å². The summed E-state index contributed by atoms with van der Waals surface area (Å²) in [5.41, 5.74) is 0. The maximum Gasteiger partial charge on any atom is 0.501 e. The second kappa shape index (κ2) is 9.98. The zero-order valence-corrected chi connectivity index (χ0v) is 16.9. The Labute approximate surface area is 158 Å². The summed E-state index contributed by atoms with van der Waals surface area (Å²) in [6.07, 6.45) is -10.1. The van der Waals surface area contributed by atoms with Crippen LogP contribution in [0.3, 0.4) is 0 Å². The normalized spacial score (nSPS) is 15.8. The second-order valence-electron chi connectivity index (χ2n) is 6.02. The maximum absolute atomic E-state index is 14.3. The van der Waals surface area contributed by atoms with E-state index >= 15 is 0 Å². The van der Waals surface area contributed by atoms with E-state index in [-0.39, 0.29) is 19.3 Å². The predicted octanol–water partition coefficient (Wildman–Crippen LogP) is 6.06. The van der Waals surface area contributed by atoms with Crippen LogP contribution in [-0.2, 0) is 13.3 Å². The largest absolute Gasteiger partial charge is 0.501 e. The van der Waals surface area contributed by atoms with Crippen LogP contribution in [0.15, 0.2) is 0 Å². The van der Waals surface area contributed by atoms with Crippen molar-refractivity contribution in [1.82, 2.24) is 0 Å². The number of halogens is 9. The Morgan fingerprint density at radius 1 is 0.714 bits per heavy atom. The lowest BCUT2D eigenvalue weighted by atomic mass is 9.97. The van der Waals surface area contributed by atoms with Gasteiger partial charge in [0.15, 0.2) is 0 Å². The van der Waals surface area contributed by atoms with E-state index in [0.29, 0.717) is 12.8 Å². The van der Waals surface area contributed by atoms with Crippen molar-refractivity contribution in [3.05, 3.63) is 0 Å². The van der Waals surface area contributed by atoms with Gasteiger partial charge < -0.3 is 13.3 Å². The molecule has 0 rings (SSSR count). The average molecular weight is 452 g/mol. The summed E-state index contributed by atoms with van der Waals surface area (Å²) < 4.78 is 135. The summed E-state index contributed by atoms with van der Waals surface area (Å²) in [6, 6.07) is -0.166. The number of hydrogen-bond donors (Lipinski definition) is 0. The summed E-state index contributed by atoms with van der Waals surface area (Å²) in [4.78, 5) is 0. The first kappa shape index (κ1) is 27.5. The topological polar surface area (TPSA) is 27.7 Å². The summed E-state index contributed by atoms with van der Waals surface area (Å²) >= 11 is 0. The Bertz CT molecular complexity index is 464. The van der Waals surface area contributed by atoms with Crippen molar-refractivity contribution in [3.63, 3.8) is 0 Å². The first-order valence-electron chi connectivity index (χ1n) is 8.76. The van der Waals surface area contributed by atoms with E-state index in [0.717, 1.165) is 6.92 Å². The van der Waals surface area contributed by atoms with E-state index in [1.54, 1.807) is 13.8 Å². The molecule has 0 fully saturated rings. The highest BCUT2D eigenvalue weighted by Gasteiger charge is 2.83. The van der Waals surface area contributed by atoms with E-state index in [1.807, 2.05) is 0 Å². The van der Waals surface area contributed by atoms with Crippen molar-refractivity contribution in [2.24, 2.45) is 0 Å². The van der Waals surface area contributed by atoms with Crippen LogP contribution in [0.4, 0.5) is 39.5 Å². The highest BCUT2D eigenvalue weighted by Crippen LogP contribution is 2.55. The molecule has 1 atom stereocenters. The monoisotopic (exact) mass is 452 g/mol. The summed E-state index contributed by atoms with van der Waals surface area (Å²) in [6.45, 7) is 5.48. The Hall–Kier alpha value is -0.533. The number of rotatable bonds is 13. The third-order valence-electron chi connectivity index (χ3n) is 3.75. The number of alkyl halides is 9. The maximum atomic E-state index is 14.3. The molecule has 0 heterocycles. The molecule has 170 valence electrons. The summed E-state index contributed by atoms with van der Waals surface area (Å²) in [7, 11) is -4.03. The van der Waals surface area contributed by atoms with Gasteiger partial charge in [0.25, 0.3) is 0 Å². The van der Waals surface area contributed by atoms with Gasteiger partial charge in [0.2, 0.25) is 0 Å². The Morgan fingerprint density at radius 3 is 1.43 bits per heavy atom. The van der Waals surface area contributed by atoms with Gasteiger partial charge in [0.05, 0.1) is 0 Å². The Balaban J connectivity index is 5.98. The molecule has 0 radical (unpaired) electrons. The van der Waals surface area contributed by atoms with E-state index in [2.05, 4.69) is 0 Å². The molecular weight excluding hydrogens is 427 g/mol. The van der Waals surface area contributed by atoms with Crippen LogP contribution >= 0.6 is 0 Å². The smallest absolute Gasteiger partial charge is 0.373 e. The molecule has 3 nitrogen and oxygen atoms in total. The molecule has 0 N–H and O–H groups in total. The molecule has 0 saturated carbocycles. The fourth-order valence-corrected chi connectivity index (χ4v) is 4.71. The van der Waals surface area contributed by atoms with E-state index < -0.39 is 45.3 Å². The van der Waals surface area contributed by atoms with E-state index in [4.69, 9.17) is 13.3 Å². The molecule has 0 aliphatic heterocycles. The zero-order valence-electron chi connectivity index (χ0n) is 15.9. The molecule has 0 aliphatic rings. The van der Waals surface area contributed by atoms with E-state index in [1.165, 1.54) is 6.92 Å². The molecule has 0 amide bonds. The Kier molecular flexibility index (Phi) is 9.79. The lowest BCUT2D eigenvalue weighted by Crippen LogP contribution is -2.66. The molecule has 0 aromatic heterocycles. The molecule has 0 aromatic rings. The minimum Gasteiger partial charge on any atom is -0.373 e. The van der Waals surface area contributed by atoms with Crippen molar-refractivity contribution in [2.75, 3.05) is 13.2 Å².